The highest BCUT2D eigenvalue weighted by Crippen LogP contribution is 2.26. The second-order valence-electron chi connectivity index (χ2n) is 7.77. The molecule has 2 saturated heterocycles. The van der Waals surface area contributed by atoms with Gasteiger partial charge in [0.15, 0.2) is 5.69 Å². The van der Waals surface area contributed by atoms with Gasteiger partial charge < -0.3 is 10.2 Å². The van der Waals surface area contributed by atoms with Gasteiger partial charge in [-0.2, -0.15) is 0 Å². The van der Waals surface area contributed by atoms with Crippen molar-refractivity contribution in [1.29, 1.82) is 0 Å². The number of hydrogen-bond donors (Lipinski definition) is 1. The minimum Gasteiger partial charge on any atom is -0.334 e. The van der Waals surface area contributed by atoms with Crippen molar-refractivity contribution in [3.63, 3.8) is 0 Å². The van der Waals surface area contributed by atoms with E-state index in [0.717, 1.165) is 63.9 Å². The lowest BCUT2D eigenvalue weighted by molar-refractivity contribution is 0.0723. The average Bonchev–Trinajstić information content (AvgIpc) is 3.34. The van der Waals surface area contributed by atoms with E-state index in [4.69, 9.17) is 0 Å². The van der Waals surface area contributed by atoms with Crippen LogP contribution in [-0.4, -0.2) is 51.5 Å². The highest BCUT2D eigenvalue weighted by molar-refractivity contribution is 5.93. The lowest BCUT2D eigenvalue weighted by atomic mass is 10.0. The monoisotopic (exact) mass is 403 g/mol. The van der Waals surface area contributed by atoms with E-state index in [0.29, 0.717) is 17.8 Å². The van der Waals surface area contributed by atoms with Crippen molar-refractivity contribution in [2.75, 3.05) is 19.6 Å². The van der Waals surface area contributed by atoms with Gasteiger partial charge in [-0.25, -0.2) is 4.68 Å². The number of amides is 1. The van der Waals surface area contributed by atoms with Crippen molar-refractivity contribution in [3.05, 3.63) is 47.3 Å². The van der Waals surface area contributed by atoms with Crippen LogP contribution in [0.5, 0.6) is 0 Å². The Bertz CT molecular complexity index is 772. The minimum atomic E-state index is 0. The summed E-state index contributed by atoms with van der Waals surface area (Å²) in [6.45, 7) is 4.82. The van der Waals surface area contributed by atoms with Crippen molar-refractivity contribution in [3.8, 4) is 0 Å². The van der Waals surface area contributed by atoms with Gasteiger partial charge in [-0.1, -0.05) is 35.5 Å². The number of rotatable bonds is 5. The average molecular weight is 404 g/mol. The standard InChI is InChI=1S/C21H29N5O.ClH/c1-16-20(23-24-26(16)19-11-13-22-14-12-19)21(27)25-15-5-8-18(25)10-9-17-6-3-2-4-7-17;/h2-4,6-7,18-19,22H,5,8-15H2,1H3;1H. The zero-order valence-corrected chi connectivity index (χ0v) is 17.3. The molecular formula is C21H30ClN5O. The van der Waals surface area contributed by atoms with Crippen molar-refractivity contribution >= 4 is 18.3 Å². The van der Waals surface area contributed by atoms with Gasteiger partial charge in [0.1, 0.15) is 0 Å². The summed E-state index contributed by atoms with van der Waals surface area (Å²) in [5.41, 5.74) is 2.80. The summed E-state index contributed by atoms with van der Waals surface area (Å²) in [7, 11) is 0. The predicted molar refractivity (Wildman–Crippen MR) is 112 cm³/mol. The molecule has 1 amide bonds. The Morgan fingerprint density at radius 1 is 1.18 bits per heavy atom. The molecule has 152 valence electrons. The second-order valence-corrected chi connectivity index (χ2v) is 7.77. The Labute approximate surface area is 173 Å². The quantitative estimate of drug-likeness (QED) is 0.832. The topological polar surface area (TPSA) is 63.1 Å². The number of halogens is 1. The van der Waals surface area contributed by atoms with Crippen LogP contribution in [0, 0.1) is 6.92 Å². The first kappa shape index (κ1) is 20.8. The number of benzene rings is 1. The predicted octanol–water partition coefficient (Wildman–Crippen LogP) is 3.17. The second kappa shape index (κ2) is 9.52. The van der Waals surface area contributed by atoms with E-state index in [9.17, 15) is 4.79 Å². The summed E-state index contributed by atoms with van der Waals surface area (Å²) >= 11 is 0. The number of carbonyl (C=O) groups excluding carboxylic acids is 1. The molecule has 28 heavy (non-hydrogen) atoms. The fraction of sp³-hybridized carbons (Fsp3) is 0.571. The maximum atomic E-state index is 13.2. The third-order valence-corrected chi connectivity index (χ3v) is 6.03. The molecule has 0 radical (unpaired) electrons. The van der Waals surface area contributed by atoms with Gasteiger partial charge in [0, 0.05) is 12.6 Å². The molecule has 0 saturated carbocycles. The Balaban J connectivity index is 0.00000225. The zero-order valence-electron chi connectivity index (χ0n) is 16.5. The maximum Gasteiger partial charge on any atom is 0.276 e. The van der Waals surface area contributed by atoms with Gasteiger partial charge in [0.2, 0.25) is 0 Å². The molecule has 1 N–H and O–H groups in total. The smallest absolute Gasteiger partial charge is 0.276 e. The van der Waals surface area contributed by atoms with E-state index >= 15 is 0 Å². The summed E-state index contributed by atoms with van der Waals surface area (Å²) < 4.78 is 1.98. The Hall–Kier alpha value is -1.92. The van der Waals surface area contributed by atoms with Crippen LogP contribution in [0.3, 0.4) is 0 Å². The van der Waals surface area contributed by atoms with E-state index in [2.05, 4.69) is 39.9 Å². The van der Waals surface area contributed by atoms with Gasteiger partial charge in [-0.15, -0.1) is 17.5 Å². The molecule has 2 fully saturated rings. The van der Waals surface area contributed by atoms with E-state index in [-0.39, 0.29) is 18.3 Å². The molecule has 0 aliphatic carbocycles. The lowest BCUT2D eigenvalue weighted by Crippen LogP contribution is -2.36. The van der Waals surface area contributed by atoms with Crippen LogP contribution in [0.4, 0.5) is 0 Å². The molecule has 7 heteroatoms. The molecule has 3 heterocycles. The lowest BCUT2D eigenvalue weighted by Gasteiger charge is -2.25. The number of nitrogens with zero attached hydrogens (tertiary/aromatic N) is 4. The van der Waals surface area contributed by atoms with Gasteiger partial charge in [-0.05, 0) is 64.1 Å². The van der Waals surface area contributed by atoms with Crippen LogP contribution in [0.1, 0.15) is 59.9 Å². The van der Waals surface area contributed by atoms with Gasteiger partial charge in [0.25, 0.3) is 5.91 Å². The van der Waals surface area contributed by atoms with Crippen molar-refractivity contribution in [2.24, 2.45) is 0 Å². The number of carbonyl (C=O) groups is 1. The number of aromatic nitrogens is 3. The van der Waals surface area contributed by atoms with Crippen molar-refractivity contribution in [2.45, 2.75) is 57.5 Å². The first-order chi connectivity index (χ1) is 13.2. The molecule has 0 spiro atoms. The molecule has 1 unspecified atom stereocenters. The van der Waals surface area contributed by atoms with Gasteiger partial charge in [-0.3, -0.25) is 4.79 Å². The number of hydrogen-bond acceptors (Lipinski definition) is 4. The molecule has 2 aliphatic heterocycles. The summed E-state index contributed by atoms with van der Waals surface area (Å²) in [4.78, 5) is 15.2. The molecule has 0 bridgehead atoms. The molecular weight excluding hydrogens is 374 g/mol. The number of piperidine rings is 1. The van der Waals surface area contributed by atoms with Gasteiger partial charge in [0.05, 0.1) is 11.7 Å². The SMILES string of the molecule is Cc1c(C(=O)N2CCCC2CCc2ccccc2)nnn1C1CCNCC1.Cl. The molecule has 1 atom stereocenters. The number of likely N-dealkylation sites (tertiary alicyclic amines) is 1. The van der Waals surface area contributed by atoms with Crippen LogP contribution in [0.25, 0.3) is 0 Å². The largest absolute Gasteiger partial charge is 0.334 e. The highest BCUT2D eigenvalue weighted by Gasteiger charge is 2.32. The van der Waals surface area contributed by atoms with E-state index in [1.807, 2.05) is 22.6 Å². The molecule has 1 aromatic heterocycles. The van der Waals surface area contributed by atoms with Crippen LogP contribution in [0.2, 0.25) is 0 Å². The van der Waals surface area contributed by atoms with E-state index in [1.165, 1.54) is 5.56 Å². The van der Waals surface area contributed by atoms with Gasteiger partial charge >= 0.3 is 0 Å². The van der Waals surface area contributed by atoms with Crippen molar-refractivity contribution < 1.29 is 4.79 Å². The highest BCUT2D eigenvalue weighted by atomic mass is 35.5. The molecule has 4 rings (SSSR count). The van der Waals surface area contributed by atoms with Crippen LogP contribution in [-0.2, 0) is 6.42 Å². The molecule has 2 aromatic rings. The third kappa shape index (κ3) is 4.39. The maximum absolute atomic E-state index is 13.2. The molecule has 1 aromatic carbocycles. The first-order valence-corrected chi connectivity index (χ1v) is 10.2. The summed E-state index contributed by atoms with van der Waals surface area (Å²) in [6, 6.07) is 11.2. The number of aryl methyl sites for hydroxylation is 1. The Kier molecular flexibility index (Phi) is 7.08. The fourth-order valence-corrected chi connectivity index (χ4v) is 4.45. The Morgan fingerprint density at radius 3 is 2.68 bits per heavy atom. The van der Waals surface area contributed by atoms with Crippen LogP contribution in [0.15, 0.2) is 30.3 Å². The number of nitrogens with one attached hydrogen (secondary N) is 1. The normalized spacial score (nSPS) is 20.2. The Morgan fingerprint density at radius 2 is 1.93 bits per heavy atom. The summed E-state index contributed by atoms with van der Waals surface area (Å²) in [5.74, 6) is 0.0586. The summed E-state index contributed by atoms with van der Waals surface area (Å²) in [6.07, 6.45) is 6.27. The van der Waals surface area contributed by atoms with E-state index < -0.39 is 0 Å². The zero-order chi connectivity index (χ0) is 18.6. The first-order valence-electron chi connectivity index (χ1n) is 10.2. The third-order valence-electron chi connectivity index (χ3n) is 6.03. The fourth-order valence-electron chi connectivity index (χ4n) is 4.45. The summed E-state index contributed by atoms with van der Waals surface area (Å²) in [5, 5.41) is 12.0. The van der Waals surface area contributed by atoms with Crippen LogP contribution < -0.4 is 5.32 Å². The van der Waals surface area contributed by atoms with Crippen LogP contribution >= 0.6 is 12.4 Å². The minimum absolute atomic E-state index is 0. The van der Waals surface area contributed by atoms with Crippen molar-refractivity contribution in [1.82, 2.24) is 25.2 Å². The molecule has 6 nitrogen and oxygen atoms in total. The molecule has 2 aliphatic rings. The van der Waals surface area contributed by atoms with E-state index in [1.54, 1.807) is 0 Å².